The molecule has 5 nitrogen and oxygen atoms in total. The molecule has 2 amide bonds. The largest absolute Gasteiger partial charge is 0.444 e. The normalized spacial score (nSPS) is 14.8. The Kier molecular flexibility index (Phi) is 7.65. The van der Waals surface area contributed by atoms with Crippen LogP contribution >= 0.6 is 0 Å². The van der Waals surface area contributed by atoms with Crippen LogP contribution in [-0.4, -0.2) is 53.1 Å². The Labute approximate surface area is 145 Å². The third kappa shape index (κ3) is 6.54. The number of piperidine rings is 1. The summed E-state index contributed by atoms with van der Waals surface area (Å²) in [7, 11) is 0. The first-order valence-corrected chi connectivity index (χ1v) is 8.35. The summed E-state index contributed by atoms with van der Waals surface area (Å²) in [6, 6.07) is 0.0932. The van der Waals surface area contributed by atoms with E-state index in [0.29, 0.717) is 19.6 Å². The average molecular weight is 332 g/mol. The van der Waals surface area contributed by atoms with Crippen LogP contribution in [0.3, 0.4) is 0 Å². The molecule has 5 heteroatoms. The van der Waals surface area contributed by atoms with Gasteiger partial charge in [0.25, 0.3) is 0 Å². The molecule has 0 saturated carbocycles. The summed E-state index contributed by atoms with van der Waals surface area (Å²) in [5, 5.41) is 0. The Morgan fingerprint density at radius 1 is 1.12 bits per heavy atom. The van der Waals surface area contributed by atoms with E-state index in [0.717, 1.165) is 12.8 Å². The lowest BCUT2D eigenvalue weighted by molar-refractivity contribution is -0.132. The van der Waals surface area contributed by atoms with E-state index in [2.05, 4.69) is 23.7 Å². The molecule has 24 heavy (non-hydrogen) atoms. The van der Waals surface area contributed by atoms with E-state index in [9.17, 15) is 9.59 Å². The Bertz CT molecular complexity index is 561. The van der Waals surface area contributed by atoms with Gasteiger partial charge < -0.3 is 14.5 Å². The van der Waals surface area contributed by atoms with Crippen LogP contribution in [-0.2, 0) is 9.53 Å². The topological polar surface area (TPSA) is 49.9 Å². The molecule has 0 N–H and O–H groups in total. The fraction of sp³-hybridized carbons (Fsp3) is 0.684. The van der Waals surface area contributed by atoms with Crippen LogP contribution in [0.5, 0.6) is 0 Å². The van der Waals surface area contributed by atoms with E-state index in [1.807, 2.05) is 20.8 Å². The first-order chi connectivity index (χ1) is 11.3. The maximum Gasteiger partial charge on any atom is 0.410 e. The van der Waals surface area contributed by atoms with Crippen molar-refractivity contribution in [3.05, 3.63) is 0 Å². The van der Waals surface area contributed by atoms with Gasteiger partial charge >= 0.3 is 6.09 Å². The maximum absolute atomic E-state index is 12.4. The number of nitrogens with zero attached hydrogens (tertiary/aromatic N) is 2. The minimum atomic E-state index is -0.495. The maximum atomic E-state index is 12.4. The average Bonchev–Trinajstić information content (AvgIpc) is 2.52. The number of ether oxygens (including phenoxy) is 1. The van der Waals surface area contributed by atoms with Crippen molar-refractivity contribution in [2.24, 2.45) is 0 Å². The lowest BCUT2D eigenvalue weighted by Crippen LogP contribution is -2.49. The molecule has 0 aliphatic carbocycles. The molecule has 0 bridgehead atoms. The molecule has 1 heterocycles. The standard InChI is InChI=1S/C19H28N2O3/c1-6-8-10-17(22)21(13-9-7-2)16-11-14-20(15-12-16)18(23)24-19(3,4)5/h16H,10-15H2,1-5H3. The number of amides is 2. The van der Waals surface area contributed by atoms with E-state index in [1.54, 1.807) is 23.6 Å². The van der Waals surface area contributed by atoms with E-state index in [4.69, 9.17) is 4.74 Å². The summed E-state index contributed by atoms with van der Waals surface area (Å²) in [6.07, 6.45) is 1.39. The molecule has 1 saturated heterocycles. The van der Waals surface area contributed by atoms with Crippen molar-refractivity contribution < 1.29 is 14.3 Å². The quantitative estimate of drug-likeness (QED) is 0.747. The van der Waals surface area contributed by atoms with Crippen LogP contribution in [0, 0.1) is 23.7 Å². The van der Waals surface area contributed by atoms with Gasteiger partial charge in [0, 0.05) is 19.1 Å². The third-order valence-corrected chi connectivity index (χ3v) is 3.72. The van der Waals surface area contributed by atoms with Gasteiger partial charge in [-0.15, -0.1) is 11.8 Å². The lowest BCUT2D eigenvalue weighted by atomic mass is 10.0. The second-order valence-electron chi connectivity index (χ2n) is 6.75. The number of carbonyl (C=O) groups is 2. The van der Waals surface area contributed by atoms with Gasteiger partial charge in [-0.25, -0.2) is 4.79 Å². The molecule has 0 radical (unpaired) electrons. The van der Waals surface area contributed by atoms with Gasteiger partial charge in [-0.1, -0.05) is 11.8 Å². The molecular formula is C19H28N2O3. The van der Waals surface area contributed by atoms with Crippen molar-refractivity contribution in [2.45, 2.75) is 65.5 Å². The van der Waals surface area contributed by atoms with Gasteiger partial charge in [0.15, 0.2) is 0 Å². The molecule has 0 aromatic carbocycles. The van der Waals surface area contributed by atoms with Crippen LogP contribution in [0.4, 0.5) is 4.79 Å². The van der Waals surface area contributed by atoms with Crippen LogP contribution in [0.1, 0.15) is 53.9 Å². The first kappa shape index (κ1) is 19.9. The van der Waals surface area contributed by atoms with Crippen molar-refractivity contribution in [1.29, 1.82) is 0 Å². The Morgan fingerprint density at radius 3 is 2.21 bits per heavy atom. The summed E-state index contributed by atoms with van der Waals surface area (Å²) >= 11 is 0. The summed E-state index contributed by atoms with van der Waals surface area (Å²) in [5.74, 6) is 11.4. The predicted molar refractivity (Wildman–Crippen MR) is 94.1 cm³/mol. The van der Waals surface area contributed by atoms with Crippen molar-refractivity contribution in [3.8, 4) is 23.7 Å². The van der Waals surface area contributed by atoms with Gasteiger partial charge in [-0.2, -0.15) is 0 Å². The highest BCUT2D eigenvalue weighted by atomic mass is 16.6. The van der Waals surface area contributed by atoms with Crippen LogP contribution in [0.15, 0.2) is 0 Å². The Morgan fingerprint density at radius 2 is 1.71 bits per heavy atom. The molecule has 0 aromatic heterocycles. The zero-order valence-corrected chi connectivity index (χ0v) is 15.4. The molecule has 0 spiro atoms. The van der Waals surface area contributed by atoms with Crippen molar-refractivity contribution in [2.75, 3.05) is 19.6 Å². The Balaban J connectivity index is 2.66. The molecule has 1 aliphatic rings. The van der Waals surface area contributed by atoms with Gasteiger partial charge in [-0.3, -0.25) is 4.79 Å². The highest BCUT2D eigenvalue weighted by Crippen LogP contribution is 2.19. The van der Waals surface area contributed by atoms with Crippen molar-refractivity contribution in [3.63, 3.8) is 0 Å². The first-order valence-electron chi connectivity index (χ1n) is 8.35. The van der Waals surface area contributed by atoms with Crippen LogP contribution < -0.4 is 0 Å². The van der Waals surface area contributed by atoms with Crippen molar-refractivity contribution in [1.82, 2.24) is 9.80 Å². The summed E-state index contributed by atoms with van der Waals surface area (Å²) in [6.45, 7) is 10.6. The molecule has 1 rings (SSSR count). The van der Waals surface area contributed by atoms with E-state index in [1.165, 1.54) is 0 Å². The summed E-state index contributed by atoms with van der Waals surface area (Å²) in [5.41, 5.74) is -0.495. The Hall–Kier alpha value is -2.14. The fourth-order valence-corrected chi connectivity index (χ4v) is 2.54. The number of carbonyl (C=O) groups excluding carboxylic acids is 2. The predicted octanol–water partition coefficient (Wildman–Crippen LogP) is 2.65. The monoisotopic (exact) mass is 332 g/mol. The lowest BCUT2D eigenvalue weighted by Gasteiger charge is -2.38. The highest BCUT2D eigenvalue weighted by molar-refractivity contribution is 5.79. The molecule has 1 fully saturated rings. The molecule has 0 unspecified atom stereocenters. The number of hydrogen-bond acceptors (Lipinski definition) is 3. The number of hydrogen-bond donors (Lipinski definition) is 0. The van der Waals surface area contributed by atoms with Gasteiger partial charge in [0.2, 0.25) is 5.91 Å². The fourth-order valence-electron chi connectivity index (χ4n) is 2.54. The zero-order valence-electron chi connectivity index (χ0n) is 15.4. The van der Waals surface area contributed by atoms with E-state index >= 15 is 0 Å². The van der Waals surface area contributed by atoms with Gasteiger partial charge in [-0.05, 0) is 47.5 Å². The second-order valence-corrected chi connectivity index (χ2v) is 6.75. The summed E-state index contributed by atoms with van der Waals surface area (Å²) < 4.78 is 5.40. The molecule has 132 valence electrons. The number of rotatable bonds is 3. The third-order valence-electron chi connectivity index (χ3n) is 3.72. The zero-order chi connectivity index (χ0) is 18.2. The molecular weight excluding hydrogens is 304 g/mol. The van der Waals surface area contributed by atoms with Crippen LogP contribution in [0.25, 0.3) is 0 Å². The van der Waals surface area contributed by atoms with Crippen LogP contribution in [0.2, 0.25) is 0 Å². The highest BCUT2D eigenvalue weighted by Gasteiger charge is 2.30. The van der Waals surface area contributed by atoms with E-state index < -0.39 is 5.60 Å². The SMILES string of the molecule is CC#CCC(=O)N(CC#CC)C1CCN(C(=O)OC(C)(C)C)CC1. The van der Waals surface area contributed by atoms with Gasteiger partial charge in [0.05, 0.1) is 13.0 Å². The molecule has 1 aliphatic heterocycles. The molecule has 0 atom stereocenters. The second kappa shape index (κ2) is 9.23. The number of likely N-dealkylation sites (tertiary alicyclic amines) is 1. The smallest absolute Gasteiger partial charge is 0.410 e. The van der Waals surface area contributed by atoms with E-state index in [-0.39, 0.29) is 24.5 Å². The van der Waals surface area contributed by atoms with Crippen molar-refractivity contribution >= 4 is 12.0 Å². The summed E-state index contributed by atoms with van der Waals surface area (Å²) in [4.78, 5) is 28.0. The minimum Gasteiger partial charge on any atom is -0.444 e. The minimum absolute atomic E-state index is 0.00261. The molecule has 0 aromatic rings. The van der Waals surface area contributed by atoms with Gasteiger partial charge in [0.1, 0.15) is 5.60 Å².